The van der Waals surface area contributed by atoms with Crippen molar-refractivity contribution < 1.29 is 27.5 Å². The first-order valence-electron chi connectivity index (χ1n) is 7.16. The van der Waals surface area contributed by atoms with Crippen LogP contribution < -0.4 is 5.32 Å². The first kappa shape index (κ1) is 17.5. The number of carbonyl (C=O) groups excluding carboxylic acids is 2. The predicted octanol–water partition coefficient (Wildman–Crippen LogP) is 3.92. The molecule has 0 spiro atoms. The number of amides is 1. The molecule has 7 heteroatoms. The molecule has 0 fully saturated rings. The van der Waals surface area contributed by atoms with Crippen LogP contribution in [0, 0.1) is 17.5 Å². The maximum atomic E-state index is 13.6. The van der Waals surface area contributed by atoms with Gasteiger partial charge in [-0.2, -0.15) is 0 Å². The molecule has 2 rings (SSSR count). The lowest BCUT2D eigenvalue weighted by atomic mass is 10.1. The predicted molar refractivity (Wildman–Crippen MR) is 81.3 cm³/mol. The van der Waals surface area contributed by atoms with Gasteiger partial charge in [0.2, 0.25) is 0 Å². The van der Waals surface area contributed by atoms with Crippen LogP contribution in [0.4, 0.5) is 18.9 Å². The second-order valence-corrected chi connectivity index (χ2v) is 4.89. The number of rotatable bonds is 5. The van der Waals surface area contributed by atoms with Crippen molar-refractivity contribution >= 4 is 17.6 Å². The largest absolute Gasteiger partial charge is 0.462 e. The number of esters is 1. The fraction of sp³-hybridized carbons (Fsp3) is 0.176. The van der Waals surface area contributed by atoms with Crippen molar-refractivity contribution in [2.24, 2.45) is 0 Å². The van der Waals surface area contributed by atoms with E-state index in [1.807, 2.05) is 6.92 Å². The second kappa shape index (κ2) is 7.63. The Morgan fingerprint density at radius 2 is 1.83 bits per heavy atom. The summed E-state index contributed by atoms with van der Waals surface area (Å²) >= 11 is 0. The molecule has 2 aromatic rings. The van der Waals surface area contributed by atoms with Crippen LogP contribution in [0.5, 0.6) is 0 Å². The number of anilines is 1. The van der Waals surface area contributed by atoms with Crippen LogP contribution in [0.1, 0.15) is 34.1 Å². The lowest BCUT2D eigenvalue weighted by Gasteiger charge is -2.09. The number of hydrogen-bond acceptors (Lipinski definition) is 3. The topological polar surface area (TPSA) is 55.4 Å². The molecule has 0 saturated heterocycles. The highest BCUT2D eigenvalue weighted by atomic mass is 19.2. The lowest BCUT2D eigenvalue weighted by molar-refractivity contribution is 0.0505. The molecule has 1 N–H and O–H groups in total. The van der Waals surface area contributed by atoms with Gasteiger partial charge in [0.15, 0.2) is 17.5 Å². The van der Waals surface area contributed by atoms with Gasteiger partial charge in [-0.1, -0.05) is 13.0 Å². The zero-order chi connectivity index (χ0) is 17.7. The normalized spacial score (nSPS) is 10.3. The van der Waals surface area contributed by atoms with Gasteiger partial charge in [0, 0.05) is 5.69 Å². The number of halogens is 3. The molecule has 0 bridgehead atoms. The van der Waals surface area contributed by atoms with E-state index in [1.54, 1.807) is 0 Å². The van der Waals surface area contributed by atoms with Gasteiger partial charge in [0.25, 0.3) is 5.91 Å². The van der Waals surface area contributed by atoms with E-state index in [2.05, 4.69) is 5.32 Å². The number of ether oxygens (including phenoxy) is 1. The molecule has 0 aliphatic carbocycles. The Morgan fingerprint density at radius 3 is 2.54 bits per heavy atom. The number of nitrogens with one attached hydrogen (secondary N) is 1. The Morgan fingerprint density at radius 1 is 1.08 bits per heavy atom. The Kier molecular flexibility index (Phi) is 5.57. The molecular formula is C17H14F3NO3. The van der Waals surface area contributed by atoms with Crippen LogP contribution in [0.15, 0.2) is 36.4 Å². The molecule has 0 heterocycles. The summed E-state index contributed by atoms with van der Waals surface area (Å²) in [5.41, 5.74) is -0.255. The van der Waals surface area contributed by atoms with Gasteiger partial charge in [-0.15, -0.1) is 0 Å². The maximum absolute atomic E-state index is 13.6. The van der Waals surface area contributed by atoms with E-state index >= 15 is 0 Å². The minimum atomic E-state index is -1.72. The zero-order valence-corrected chi connectivity index (χ0v) is 12.7. The first-order valence-corrected chi connectivity index (χ1v) is 7.16. The van der Waals surface area contributed by atoms with Gasteiger partial charge in [0.1, 0.15) is 0 Å². The van der Waals surface area contributed by atoms with Crippen molar-refractivity contribution in [3.8, 4) is 0 Å². The van der Waals surface area contributed by atoms with Crippen LogP contribution in [-0.4, -0.2) is 18.5 Å². The third kappa shape index (κ3) is 3.92. The summed E-state index contributed by atoms with van der Waals surface area (Å²) in [4.78, 5) is 23.8. The van der Waals surface area contributed by atoms with Crippen molar-refractivity contribution in [3.05, 3.63) is 65.0 Å². The summed E-state index contributed by atoms with van der Waals surface area (Å²) < 4.78 is 44.7. The summed E-state index contributed by atoms with van der Waals surface area (Å²) in [5, 5.41) is 2.32. The van der Waals surface area contributed by atoms with Crippen molar-refractivity contribution in [1.29, 1.82) is 0 Å². The van der Waals surface area contributed by atoms with Gasteiger partial charge in [-0.3, -0.25) is 4.79 Å². The molecule has 0 unspecified atom stereocenters. The van der Waals surface area contributed by atoms with Gasteiger partial charge in [-0.05, 0) is 36.8 Å². The van der Waals surface area contributed by atoms with Crippen LogP contribution >= 0.6 is 0 Å². The van der Waals surface area contributed by atoms with Crippen molar-refractivity contribution in [3.63, 3.8) is 0 Å². The minimum Gasteiger partial charge on any atom is -0.462 e. The smallest absolute Gasteiger partial charge is 0.338 e. The van der Waals surface area contributed by atoms with E-state index in [4.69, 9.17) is 4.74 Å². The molecule has 2 aromatic carbocycles. The van der Waals surface area contributed by atoms with Gasteiger partial charge in [-0.25, -0.2) is 18.0 Å². The quantitative estimate of drug-likeness (QED) is 0.664. The molecular weight excluding hydrogens is 323 g/mol. The molecule has 0 saturated carbocycles. The van der Waals surface area contributed by atoms with E-state index in [1.165, 1.54) is 24.3 Å². The average Bonchev–Trinajstić information content (AvgIpc) is 2.57. The molecule has 0 aromatic heterocycles. The molecule has 1 amide bonds. The monoisotopic (exact) mass is 337 g/mol. The Labute approximate surface area is 136 Å². The molecule has 24 heavy (non-hydrogen) atoms. The number of benzene rings is 2. The van der Waals surface area contributed by atoms with Crippen LogP contribution in [0.3, 0.4) is 0 Å². The van der Waals surface area contributed by atoms with Crippen LogP contribution in [-0.2, 0) is 4.74 Å². The van der Waals surface area contributed by atoms with E-state index in [-0.39, 0.29) is 17.9 Å². The summed E-state index contributed by atoms with van der Waals surface area (Å²) in [5.74, 6) is -6.22. The molecule has 0 aliphatic rings. The number of carbonyl (C=O) groups is 2. The van der Waals surface area contributed by atoms with Gasteiger partial charge in [0.05, 0.1) is 17.7 Å². The number of hydrogen-bond donors (Lipinski definition) is 1. The molecule has 126 valence electrons. The van der Waals surface area contributed by atoms with E-state index < -0.39 is 34.9 Å². The van der Waals surface area contributed by atoms with Crippen LogP contribution in [0.2, 0.25) is 0 Å². The summed E-state index contributed by atoms with van der Waals surface area (Å²) in [6.45, 7) is 2.11. The molecule has 0 radical (unpaired) electrons. The molecule has 0 atom stereocenters. The first-order chi connectivity index (χ1) is 11.4. The maximum Gasteiger partial charge on any atom is 0.338 e. The van der Waals surface area contributed by atoms with Crippen LogP contribution in [0.25, 0.3) is 0 Å². The van der Waals surface area contributed by atoms with Crippen molar-refractivity contribution in [2.75, 3.05) is 11.9 Å². The van der Waals surface area contributed by atoms with E-state index in [9.17, 15) is 22.8 Å². The van der Waals surface area contributed by atoms with E-state index in [0.29, 0.717) is 12.5 Å². The third-order valence-corrected chi connectivity index (χ3v) is 3.07. The third-order valence-electron chi connectivity index (χ3n) is 3.07. The fourth-order valence-electron chi connectivity index (χ4n) is 1.90. The van der Waals surface area contributed by atoms with Gasteiger partial charge >= 0.3 is 5.97 Å². The Bertz CT molecular complexity index is 778. The SMILES string of the molecule is CCCOC(=O)c1cccc(NC(=O)c2ccc(F)c(F)c2F)c1. The molecule has 0 aliphatic heterocycles. The van der Waals surface area contributed by atoms with E-state index in [0.717, 1.165) is 6.07 Å². The summed E-state index contributed by atoms with van der Waals surface area (Å²) in [7, 11) is 0. The standard InChI is InChI=1S/C17H14F3NO3/c1-2-8-24-17(23)10-4-3-5-11(9-10)21-16(22)12-6-7-13(18)15(20)14(12)19/h3-7,9H,2,8H2,1H3,(H,21,22). The average molecular weight is 337 g/mol. The summed E-state index contributed by atoms with van der Waals surface area (Å²) in [6.07, 6.45) is 0.664. The minimum absolute atomic E-state index is 0.190. The Hall–Kier alpha value is -2.83. The second-order valence-electron chi connectivity index (χ2n) is 4.89. The Balaban J connectivity index is 2.18. The summed E-state index contributed by atoms with van der Waals surface area (Å²) in [6, 6.07) is 7.29. The van der Waals surface area contributed by atoms with Gasteiger partial charge < -0.3 is 10.1 Å². The fourth-order valence-corrected chi connectivity index (χ4v) is 1.90. The molecule has 4 nitrogen and oxygen atoms in total. The van der Waals surface area contributed by atoms with Crippen molar-refractivity contribution in [2.45, 2.75) is 13.3 Å². The zero-order valence-electron chi connectivity index (χ0n) is 12.7. The highest BCUT2D eigenvalue weighted by Crippen LogP contribution is 2.18. The lowest BCUT2D eigenvalue weighted by Crippen LogP contribution is -2.15. The highest BCUT2D eigenvalue weighted by molar-refractivity contribution is 6.05. The highest BCUT2D eigenvalue weighted by Gasteiger charge is 2.19. The van der Waals surface area contributed by atoms with Crippen molar-refractivity contribution in [1.82, 2.24) is 0 Å².